The van der Waals surface area contributed by atoms with Gasteiger partial charge in [-0.05, 0) is 19.9 Å². The van der Waals surface area contributed by atoms with Gasteiger partial charge in [0.15, 0.2) is 0 Å². The van der Waals surface area contributed by atoms with Crippen LogP contribution in [0.2, 0.25) is 0 Å². The number of hydrogen-bond donors (Lipinski definition) is 0. The molecular formula is C19H26F2N4O4S. The van der Waals surface area contributed by atoms with Crippen LogP contribution in [0.5, 0.6) is 11.5 Å². The van der Waals surface area contributed by atoms with Crippen molar-refractivity contribution in [3.05, 3.63) is 35.2 Å². The Morgan fingerprint density at radius 2 is 1.77 bits per heavy atom. The monoisotopic (exact) mass is 444 g/mol. The number of nitrogens with zero attached hydrogens (tertiary/aromatic N) is 4. The van der Waals surface area contributed by atoms with Gasteiger partial charge in [0.1, 0.15) is 16.4 Å². The SMILES string of the molecule is COc1ccc(CN2CCN(S(=O)(=O)c3c(C)nn(C(F)F)c3C)CC2)c(OC)c1. The molecule has 0 unspecified atom stereocenters. The highest BCUT2D eigenvalue weighted by Gasteiger charge is 2.34. The highest BCUT2D eigenvalue weighted by molar-refractivity contribution is 7.89. The van der Waals surface area contributed by atoms with Gasteiger partial charge in [0.25, 0.3) is 0 Å². The highest BCUT2D eigenvalue weighted by Crippen LogP contribution is 2.29. The van der Waals surface area contributed by atoms with Gasteiger partial charge in [0, 0.05) is 44.4 Å². The van der Waals surface area contributed by atoms with Crippen molar-refractivity contribution in [2.75, 3.05) is 40.4 Å². The number of alkyl halides is 2. The van der Waals surface area contributed by atoms with Crippen LogP contribution in [0.4, 0.5) is 8.78 Å². The van der Waals surface area contributed by atoms with Gasteiger partial charge in [-0.15, -0.1) is 0 Å². The molecule has 166 valence electrons. The molecule has 0 atom stereocenters. The third kappa shape index (κ3) is 4.28. The van der Waals surface area contributed by atoms with Gasteiger partial charge in [-0.3, -0.25) is 4.90 Å². The quantitative estimate of drug-likeness (QED) is 0.653. The van der Waals surface area contributed by atoms with E-state index in [0.717, 1.165) is 5.56 Å². The van der Waals surface area contributed by atoms with Gasteiger partial charge in [-0.2, -0.15) is 18.2 Å². The van der Waals surface area contributed by atoms with Gasteiger partial charge in [-0.1, -0.05) is 6.07 Å². The number of ether oxygens (including phenoxy) is 2. The molecule has 30 heavy (non-hydrogen) atoms. The lowest BCUT2D eigenvalue weighted by Crippen LogP contribution is -2.48. The molecule has 1 saturated heterocycles. The van der Waals surface area contributed by atoms with E-state index in [2.05, 4.69) is 10.00 Å². The van der Waals surface area contributed by atoms with E-state index in [0.29, 0.717) is 35.8 Å². The van der Waals surface area contributed by atoms with Crippen molar-refractivity contribution in [3.63, 3.8) is 0 Å². The minimum absolute atomic E-state index is 0.0482. The molecule has 0 radical (unpaired) electrons. The van der Waals surface area contributed by atoms with Crippen LogP contribution in [0.1, 0.15) is 23.5 Å². The maximum atomic E-state index is 13.1. The maximum absolute atomic E-state index is 13.1. The standard InChI is InChI=1S/C19H26F2N4O4S/c1-13-18(14(2)25(22-13)19(20)21)30(26,27)24-9-7-23(8-10-24)12-15-5-6-16(28-3)11-17(15)29-4/h5-6,11,19H,7-10,12H2,1-4H3. The lowest BCUT2D eigenvalue weighted by atomic mass is 10.1. The summed E-state index contributed by atoms with van der Waals surface area (Å²) in [7, 11) is -0.729. The maximum Gasteiger partial charge on any atom is 0.333 e. The van der Waals surface area contributed by atoms with Crippen molar-refractivity contribution >= 4 is 10.0 Å². The average Bonchev–Trinajstić information content (AvgIpc) is 3.03. The Morgan fingerprint density at radius 1 is 1.10 bits per heavy atom. The molecule has 1 aliphatic heterocycles. The van der Waals surface area contributed by atoms with Gasteiger partial charge < -0.3 is 9.47 Å². The smallest absolute Gasteiger partial charge is 0.333 e. The molecule has 1 aromatic heterocycles. The number of hydrogen-bond acceptors (Lipinski definition) is 6. The second-order valence-electron chi connectivity index (χ2n) is 7.08. The molecule has 1 aliphatic rings. The van der Waals surface area contributed by atoms with E-state index >= 15 is 0 Å². The summed E-state index contributed by atoms with van der Waals surface area (Å²) in [5.74, 6) is 1.40. The lowest BCUT2D eigenvalue weighted by Gasteiger charge is -2.34. The first-order chi connectivity index (χ1) is 14.2. The van der Waals surface area contributed by atoms with Crippen LogP contribution in [-0.2, 0) is 16.6 Å². The van der Waals surface area contributed by atoms with E-state index in [1.165, 1.54) is 18.2 Å². The molecule has 3 rings (SSSR count). The van der Waals surface area contributed by atoms with Crippen molar-refractivity contribution in [1.29, 1.82) is 0 Å². The molecule has 1 aromatic carbocycles. The van der Waals surface area contributed by atoms with Crippen molar-refractivity contribution < 1.29 is 26.7 Å². The topological polar surface area (TPSA) is 76.9 Å². The van der Waals surface area contributed by atoms with E-state index < -0.39 is 16.6 Å². The Morgan fingerprint density at radius 3 is 2.30 bits per heavy atom. The first kappa shape index (κ1) is 22.4. The number of aryl methyl sites for hydroxylation is 1. The third-order valence-corrected chi connectivity index (χ3v) is 7.41. The number of aromatic nitrogens is 2. The van der Waals surface area contributed by atoms with E-state index in [1.807, 2.05) is 18.2 Å². The molecule has 0 saturated carbocycles. The van der Waals surface area contributed by atoms with Gasteiger partial charge >= 0.3 is 6.55 Å². The number of halogens is 2. The zero-order chi connectivity index (χ0) is 22.1. The summed E-state index contributed by atoms with van der Waals surface area (Å²) in [6, 6.07) is 5.58. The molecule has 0 amide bonds. The zero-order valence-corrected chi connectivity index (χ0v) is 18.2. The summed E-state index contributed by atoms with van der Waals surface area (Å²) in [4.78, 5) is 1.99. The molecule has 2 heterocycles. The fraction of sp³-hybridized carbons (Fsp3) is 0.526. The summed E-state index contributed by atoms with van der Waals surface area (Å²) in [5, 5.41) is 3.70. The lowest BCUT2D eigenvalue weighted by molar-refractivity contribution is 0.0538. The second-order valence-corrected chi connectivity index (χ2v) is 8.95. The molecule has 11 heteroatoms. The summed E-state index contributed by atoms with van der Waals surface area (Å²) in [6.45, 7) is 2.05. The van der Waals surface area contributed by atoms with Crippen LogP contribution in [0.15, 0.2) is 23.1 Å². The van der Waals surface area contributed by atoms with Crippen LogP contribution < -0.4 is 9.47 Å². The van der Waals surface area contributed by atoms with Gasteiger partial charge in [-0.25, -0.2) is 13.1 Å². The average molecular weight is 445 g/mol. The Hall–Kier alpha value is -2.24. The number of piperazine rings is 1. The third-order valence-electron chi connectivity index (χ3n) is 5.26. The molecular weight excluding hydrogens is 418 g/mol. The van der Waals surface area contributed by atoms with E-state index in [-0.39, 0.29) is 29.4 Å². The number of benzene rings is 1. The predicted molar refractivity (Wildman–Crippen MR) is 107 cm³/mol. The fourth-order valence-electron chi connectivity index (χ4n) is 3.69. The number of rotatable bonds is 7. The predicted octanol–water partition coefficient (Wildman–Crippen LogP) is 2.42. The largest absolute Gasteiger partial charge is 0.497 e. The molecule has 2 aromatic rings. The minimum atomic E-state index is -3.91. The Balaban J connectivity index is 1.71. The molecule has 0 aliphatic carbocycles. The molecule has 0 bridgehead atoms. The number of sulfonamides is 1. The first-order valence-electron chi connectivity index (χ1n) is 9.46. The normalized spacial score (nSPS) is 16.2. The van der Waals surface area contributed by atoms with E-state index in [4.69, 9.17) is 9.47 Å². The number of methoxy groups -OCH3 is 2. The minimum Gasteiger partial charge on any atom is -0.497 e. The van der Waals surface area contributed by atoms with Crippen molar-refractivity contribution in [2.45, 2.75) is 31.8 Å². The van der Waals surface area contributed by atoms with Crippen LogP contribution >= 0.6 is 0 Å². The molecule has 8 nitrogen and oxygen atoms in total. The van der Waals surface area contributed by atoms with E-state index in [9.17, 15) is 17.2 Å². The summed E-state index contributed by atoms with van der Waals surface area (Å²) in [5.41, 5.74) is 1.01. The fourth-order valence-corrected chi connectivity index (χ4v) is 5.47. The van der Waals surface area contributed by atoms with Crippen LogP contribution in [-0.4, -0.2) is 67.8 Å². The summed E-state index contributed by atoms with van der Waals surface area (Å²) < 4.78 is 64.8. The second kappa shape index (κ2) is 8.86. The van der Waals surface area contributed by atoms with Gasteiger partial charge in [0.05, 0.1) is 25.6 Å². The van der Waals surface area contributed by atoms with Crippen LogP contribution in [0, 0.1) is 13.8 Å². The summed E-state index contributed by atoms with van der Waals surface area (Å²) in [6.07, 6.45) is 0. The Kier molecular flexibility index (Phi) is 6.63. The van der Waals surface area contributed by atoms with Crippen LogP contribution in [0.3, 0.4) is 0 Å². The van der Waals surface area contributed by atoms with Gasteiger partial charge in [0.2, 0.25) is 10.0 Å². The first-order valence-corrected chi connectivity index (χ1v) is 10.9. The molecule has 0 N–H and O–H groups in total. The Bertz CT molecular complexity index is 1000. The van der Waals surface area contributed by atoms with E-state index in [1.54, 1.807) is 14.2 Å². The Labute approximate surface area is 175 Å². The highest BCUT2D eigenvalue weighted by atomic mass is 32.2. The molecule has 0 spiro atoms. The van der Waals surface area contributed by atoms with Crippen molar-refractivity contribution in [2.24, 2.45) is 0 Å². The zero-order valence-electron chi connectivity index (χ0n) is 17.4. The van der Waals surface area contributed by atoms with Crippen molar-refractivity contribution in [1.82, 2.24) is 19.0 Å². The van der Waals surface area contributed by atoms with Crippen molar-refractivity contribution in [3.8, 4) is 11.5 Å². The van der Waals surface area contributed by atoms with Crippen LogP contribution in [0.25, 0.3) is 0 Å². The summed E-state index contributed by atoms with van der Waals surface area (Å²) >= 11 is 0. The molecule has 1 fully saturated rings.